The van der Waals surface area contributed by atoms with Gasteiger partial charge in [-0.3, -0.25) is 4.79 Å². The Balaban J connectivity index is 3.92. The molecule has 6 nitrogen and oxygen atoms in total. The summed E-state index contributed by atoms with van der Waals surface area (Å²) in [4.78, 5) is 11.4. The Hall–Kier alpha value is -0.660. The molecule has 0 aliphatic carbocycles. The van der Waals surface area contributed by atoms with E-state index in [1.165, 1.54) is 7.05 Å². The van der Waals surface area contributed by atoms with E-state index in [2.05, 4.69) is 10.6 Å². The van der Waals surface area contributed by atoms with Crippen LogP contribution in [0.15, 0.2) is 0 Å². The number of hydrogen-bond acceptors (Lipinski definition) is 4. The summed E-state index contributed by atoms with van der Waals surface area (Å²) in [7, 11) is -1.91. The lowest BCUT2D eigenvalue weighted by Crippen LogP contribution is -2.43. The molecule has 0 radical (unpaired) electrons. The van der Waals surface area contributed by atoms with E-state index in [4.69, 9.17) is 0 Å². The number of amides is 1. The first kappa shape index (κ1) is 15.3. The second kappa shape index (κ2) is 6.82. The molecule has 1 atom stereocenters. The molecule has 0 bridgehead atoms. The van der Waals surface area contributed by atoms with Crippen molar-refractivity contribution in [2.24, 2.45) is 0 Å². The molecule has 0 rings (SSSR count). The van der Waals surface area contributed by atoms with E-state index in [0.717, 1.165) is 17.1 Å². The van der Waals surface area contributed by atoms with Gasteiger partial charge in [0.1, 0.15) is 0 Å². The molecule has 0 saturated heterocycles. The molecule has 1 amide bonds. The van der Waals surface area contributed by atoms with Gasteiger partial charge in [-0.1, -0.05) is 6.92 Å². The third-order valence-corrected chi connectivity index (χ3v) is 3.35. The van der Waals surface area contributed by atoms with Crippen LogP contribution in [0.5, 0.6) is 0 Å². The van der Waals surface area contributed by atoms with Crippen LogP contribution in [0.2, 0.25) is 0 Å². The molecule has 0 aromatic rings. The van der Waals surface area contributed by atoms with Gasteiger partial charge >= 0.3 is 0 Å². The number of carbonyl (C=O) groups is 1. The van der Waals surface area contributed by atoms with Crippen molar-refractivity contribution in [2.45, 2.75) is 19.9 Å². The van der Waals surface area contributed by atoms with E-state index in [9.17, 15) is 13.2 Å². The monoisotopic (exact) mass is 251 g/mol. The minimum atomic E-state index is -3.29. The molecule has 96 valence electrons. The summed E-state index contributed by atoms with van der Waals surface area (Å²) in [6.07, 6.45) is 1.07. The van der Waals surface area contributed by atoms with Gasteiger partial charge in [0.15, 0.2) is 0 Å². The number of likely N-dealkylation sites (N-methyl/N-ethyl adjacent to an activating group) is 2. The third-order valence-electron chi connectivity index (χ3n) is 2.09. The number of nitrogens with one attached hydrogen (secondary N) is 2. The molecule has 16 heavy (non-hydrogen) atoms. The van der Waals surface area contributed by atoms with Crippen molar-refractivity contribution in [2.75, 3.05) is 32.9 Å². The molecule has 0 saturated carbocycles. The minimum absolute atomic E-state index is 0.141. The van der Waals surface area contributed by atoms with Gasteiger partial charge in [-0.25, -0.2) is 8.42 Å². The van der Waals surface area contributed by atoms with Crippen LogP contribution in [0.1, 0.15) is 13.8 Å². The van der Waals surface area contributed by atoms with E-state index in [-0.39, 0.29) is 18.5 Å². The zero-order valence-electron chi connectivity index (χ0n) is 10.3. The highest BCUT2D eigenvalue weighted by Crippen LogP contribution is 1.91. The summed E-state index contributed by atoms with van der Waals surface area (Å²) in [6.45, 7) is 5.11. The second-order valence-corrected chi connectivity index (χ2v) is 5.87. The van der Waals surface area contributed by atoms with Gasteiger partial charge in [-0.05, 0) is 13.5 Å². The molecule has 0 fully saturated rings. The van der Waals surface area contributed by atoms with Crippen molar-refractivity contribution in [3.05, 3.63) is 0 Å². The van der Waals surface area contributed by atoms with E-state index in [0.29, 0.717) is 6.54 Å². The predicted molar refractivity (Wildman–Crippen MR) is 63.6 cm³/mol. The topological polar surface area (TPSA) is 78.5 Å². The summed E-state index contributed by atoms with van der Waals surface area (Å²) < 4.78 is 23.1. The molecule has 0 unspecified atom stereocenters. The number of sulfonamides is 1. The molecule has 0 aliphatic rings. The minimum Gasteiger partial charge on any atom is -0.353 e. The van der Waals surface area contributed by atoms with Crippen LogP contribution in [0.25, 0.3) is 0 Å². The SMILES string of the molecule is CCN[C@H](C)CNC(=O)CN(C)S(C)(=O)=O. The Kier molecular flexibility index (Phi) is 6.54. The average Bonchev–Trinajstić information content (AvgIpc) is 2.13. The Labute approximate surface area is 97.4 Å². The molecular formula is C9H21N3O3S. The Morgan fingerprint density at radius 1 is 1.44 bits per heavy atom. The fourth-order valence-corrected chi connectivity index (χ4v) is 1.41. The van der Waals surface area contributed by atoms with Crippen LogP contribution >= 0.6 is 0 Å². The zero-order chi connectivity index (χ0) is 12.8. The van der Waals surface area contributed by atoms with Crippen LogP contribution in [0.3, 0.4) is 0 Å². The van der Waals surface area contributed by atoms with E-state index in [1.54, 1.807) is 0 Å². The van der Waals surface area contributed by atoms with Crippen molar-refractivity contribution >= 4 is 15.9 Å². The molecule has 0 spiro atoms. The highest BCUT2D eigenvalue weighted by Gasteiger charge is 2.14. The average molecular weight is 251 g/mol. The van der Waals surface area contributed by atoms with Gasteiger partial charge in [0.2, 0.25) is 15.9 Å². The highest BCUT2D eigenvalue weighted by atomic mass is 32.2. The van der Waals surface area contributed by atoms with E-state index >= 15 is 0 Å². The maximum atomic E-state index is 11.4. The Morgan fingerprint density at radius 2 is 2.00 bits per heavy atom. The predicted octanol–water partition coefficient (Wildman–Crippen LogP) is -1.01. The summed E-state index contributed by atoms with van der Waals surface area (Å²) in [5.74, 6) is -0.294. The van der Waals surface area contributed by atoms with Gasteiger partial charge in [-0.15, -0.1) is 0 Å². The summed E-state index contributed by atoms with van der Waals surface area (Å²) >= 11 is 0. The van der Waals surface area contributed by atoms with Gasteiger partial charge in [0, 0.05) is 19.6 Å². The normalized spacial score (nSPS) is 13.8. The number of rotatable bonds is 7. The Bertz CT molecular complexity index is 316. The summed E-state index contributed by atoms with van der Waals surface area (Å²) in [5.41, 5.74) is 0. The molecule has 0 heterocycles. The highest BCUT2D eigenvalue weighted by molar-refractivity contribution is 7.88. The molecular weight excluding hydrogens is 230 g/mol. The van der Waals surface area contributed by atoms with Gasteiger partial charge in [0.25, 0.3) is 0 Å². The largest absolute Gasteiger partial charge is 0.353 e. The first-order valence-corrected chi connectivity index (χ1v) is 7.03. The first-order chi connectivity index (χ1) is 7.27. The van der Waals surface area contributed by atoms with Crippen molar-refractivity contribution in [1.29, 1.82) is 0 Å². The summed E-state index contributed by atoms with van der Waals surface area (Å²) in [5, 5.41) is 5.80. The fourth-order valence-electron chi connectivity index (χ4n) is 1.06. The molecule has 0 aromatic carbocycles. The zero-order valence-corrected chi connectivity index (χ0v) is 11.1. The fraction of sp³-hybridized carbons (Fsp3) is 0.889. The van der Waals surface area contributed by atoms with E-state index in [1.807, 2.05) is 13.8 Å². The lowest BCUT2D eigenvalue weighted by molar-refractivity contribution is -0.121. The van der Waals surface area contributed by atoms with Crippen LogP contribution in [0.4, 0.5) is 0 Å². The number of nitrogens with zero attached hydrogens (tertiary/aromatic N) is 1. The summed E-state index contributed by atoms with van der Waals surface area (Å²) in [6, 6.07) is 0.178. The smallest absolute Gasteiger partial charge is 0.235 e. The quantitative estimate of drug-likeness (QED) is 0.608. The number of hydrogen-bond donors (Lipinski definition) is 2. The van der Waals surface area contributed by atoms with Crippen LogP contribution in [0, 0.1) is 0 Å². The second-order valence-electron chi connectivity index (χ2n) is 3.78. The van der Waals surface area contributed by atoms with Crippen LogP contribution in [-0.2, 0) is 14.8 Å². The molecule has 0 aliphatic heterocycles. The lowest BCUT2D eigenvalue weighted by atomic mass is 10.3. The van der Waals surface area contributed by atoms with Gasteiger partial charge in [-0.2, -0.15) is 4.31 Å². The van der Waals surface area contributed by atoms with Crippen molar-refractivity contribution in [3.8, 4) is 0 Å². The first-order valence-electron chi connectivity index (χ1n) is 5.18. The van der Waals surface area contributed by atoms with Crippen molar-refractivity contribution < 1.29 is 13.2 Å². The molecule has 2 N–H and O–H groups in total. The molecule has 0 aromatic heterocycles. The van der Waals surface area contributed by atoms with Gasteiger partial charge < -0.3 is 10.6 Å². The molecule has 7 heteroatoms. The Morgan fingerprint density at radius 3 is 2.44 bits per heavy atom. The van der Waals surface area contributed by atoms with Crippen LogP contribution < -0.4 is 10.6 Å². The third kappa shape index (κ3) is 6.76. The maximum absolute atomic E-state index is 11.4. The standard InChI is InChI=1S/C9H21N3O3S/c1-5-10-8(2)6-11-9(13)7-12(3)16(4,14)15/h8,10H,5-7H2,1-4H3,(H,11,13)/t8-/m1/s1. The van der Waals surface area contributed by atoms with Crippen molar-refractivity contribution in [3.63, 3.8) is 0 Å². The van der Waals surface area contributed by atoms with Crippen LogP contribution in [-0.4, -0.2) is 57.6 Å². The number of carbonyl (C=O) groups excluding carboxylic acids is 1. The lowest BCUT2D eigenvalue weighted by Gasteiger charge is -2.16. The van der Waals surface area contributed by atoms with Gasteiger partial charge in [0.05, 0.1) is 12.8 Å². The maximum Gasteiger partial charge on any atom is 0.235 e. The van der Waals surface area contributed by atoms with E-state index < -0.39 is 10.0 Å². The van der Waals surface area contributed by atoms with Crippen molar-refractivity contribution in [1.82, 2.24) is 14.9 Å².